The summed E-state index contributed by atoms with van der Waals surface area (Å²) < 4.78 is 0. The lowest BCUT2D eigenvalue weighted by Crippen LogP contribution is -2.56. The Morgan fingerprint density at radius 1 is 1.03 bits per heavy atom. The van der Waals surface area contributed by atoms with E-state index in [9.17, 15) is 0 Å². The summed E-state index contributed by atoms with van der Waals surface area (Å²) in [6, 6.07) is 20.0. The van der Waals surface area contributed by atoms with E-state index < -0.39 is 0 Å². The third-order valence-electron chi connectivity index (χ3n) is 6.93. The minimum atomic E-state index is 0.482. The van der Waals surface area contributed by atoms with E-state index in [0.29, 0.717) is 6.04 Å². The molecule has 1 aromatic heterocycles. The molecule has 1 unspecified atom stereocenters. The van der Waals surface area contributed by atoms with Crippen molar-refractivity contribution in [2.24, 2.45) is 4.99 Å². The van der Waals surface area contributed by atoms with E-state index in [0.717, 1.165) is 56.5 Å². The van der Waals surface area contributed by atoms with Crippen LogP contribution in [0.1, 0.15) is 21.6 Å². The van der Waals surface area contributed by atoms with Gasteiger partial charge in [0.1, 0.15) is 10.8 Å². The van der Waals surface area contributed by atoms with Crippen LogP contribution in [0.15, 0.2) is 59.6 Å². The number of benzene rings is 2. The molecule has 1 N–H and O–H groups in total. The summed E-state index contributed by atoms with van der Waals surface area (Å²) in [5, 5.41) is 4.85. The molecule has 0 amide bonds. The zero-order valence-electron chi connectivity index (χ0n) is 18.7. The highest BCUT2D eigenvalue weighted by atomic mass is 32.1. The van der Waals surface area contributed by atoms with E-state index in [4.69, 9.17) is 4.99 Å². The number of thiophene rings is 1. The molecule has 1 saturated heterocycles. The smallest absolute Gasteiger partial charge is 0.139 e. The van der Waals surface area contributed by atoms with E-state index in [1.165, 1.54) is 26.6 Å². The molecule has 3 aliphatic heterocycles. The molecule has 3 aromatic rings. The van der Waals surface area contributed by atoms with Crippen LogP contribution in [0.4, 0.5) is 16.4 Å². The minimum absolute atomic E-state index is 0.482. The summed E-state index contributed by atoms with van der Waals surface area (Å²) in [6.07, 6.45) is 0. The second-order valence-electron chi connectivity index (χ2n) is 9.20. The van der Waals surface area contributed by atoms with Crippen molar-refractivity contribution in [3.05, 3.63) is 76.2 Å². The minimum Gasteiger partial charge on any atom is -0.353 e. The molecule has 1 fully saturated rings. The van der Waals surface area contributed by atoms with Crippen molar-refractivity contribution >= 4 is 33.5 Å². The van der Waals surface area contributed by atoms with Crippen LogP contribution in [0.3, 0.4) is 0 Å². The third-order valence-corrected chi connectivity index (χ3v) is 7.89. The first-order valence-electron chi connectivity index (χ1n) is 11.4. The van der Waals surface area contributed by atoms with Gasteiger partial charge in [0.05, 0.1) is 16.9 Å². The number of hydrogen-bond acceptors (Lipinski definition) is 6. The molecule has 5 nitrogen and oxygen atoms in total. The summed E-state index contributed by atoms with van der Waals surface area (Å²) in [5.41, 5.74) is 6.31. The van der Waals surface area contributed by atoms with Crippen LogP contribution in [0.25, 0.3) is 0 Å². The van der Waals surface area contributed by atoms with Crippen molar-refractivity contribution in [2.45, 2.75) is 26.1 Å². The first kappa shape index (κ1) is 20.0. The predicted octanol–water partition coefficient (Wildman–Crippen LogP) is 4.82. The lowest BCUT2D eigenvalue weighted by Gasteiger charge is -2.42. The van der Waals surface area contributed by atoms with Gasteiger partial charge in [-0.1, -0.05) is 36.4 Å². The fourth-order valence-corrected chi connectivity index (χ4v) is 6.07. The van der Waals surface area contributed by atoms with Gasteiger partial charge < -0.3 is 10.2 Å². The third kappa shape index (κ3) is 3.62. The Labute approximate surface area is 194 Å². The normalized spacial score (nSPS) is 20.8. The molecule has 6 rings (SSSR count). The molecule has 0 bridgehead atoms. The van der Waals surface area contributed by atoms with E-state index in [1.807, 2.05) is 11.3 Å². The Balaban J connectivity index is 1.27. The highest BCUT2D eigenvalue weighted by Crippen LogP contribution is 2.39. The molecule has 0 radical (unpaired) electrons. The summed E-state index contributed by atoms with van der Waals surface area (Å²) in [5.74, 6) is 1.12. The van der Waals surface area contributed by atoms with Crippen molar-refractivity contribution in [1.29, 1.82) is 0 Å². The van der Waals surface area contributed by atoms with Crippen LogP contribution in [0.5, 0.6) is 0 Å². The number of para-hydroxylation sites is 2. The fourth-order valence-electron chi connectivity index (χ4n) is 5.15. The first-order chi connectivity index (χ1) is 15.6. The van der Waals surface area contributed by atoms with Crippen LogP contribution in [-0.2, 0) is 13.1 Å². The van der Waals surface area contributed by atoms with Gasteiger partial charge in [0, 0.05) is 50.2 Å². The average Bonchev–Trinajstić information content (AvgIpc) is 3.33. The standard InChI is InChI=1S/C26H29N5S/c1-18-13-22-25(27-23-9-5-6-10-24(23)28-26(22)32-18)31-12-11-29(2)21(17-31)16-30-14-19-7-3-4-8-20(19)15-30/h3-10,13,21,28H,11-12,14-17H2,1-2H3. The monoisotopic (exact) mass is 443 g/mol. The number of aliphatic imine (C=N–C) groups is 1. The Morgan fingerprint density at radius 3 is 2.59 bits per heavy atom. The number of piperazine rings is 1. The van der Waals surface area contributed by atoms with Crippen molar-refractivity contribution in [3.8, 4) is 0 Å². The number of anilines is 2. The Bertz CT molecular complexity index is 1160. The number of amidine groups is 1. The van der Waals surface area contributed by atoms with Crippen LogP contribution in [-0.4, -0.2) is 59.8 Å². The summed E-state index contributed by atoms with van der Waals surface area (Å²) in [6.45, 7) is 8.44. The molecule has 0 spiro atoms. The SMILES string of the molecule is Cc1cc2c(s1)Nc1ccccc1N=C2N1CCN(C)C(CN2Cc3ccccc3C2)C1. The molecular weight excluding hydrogens is 414 g/mol. The van der Waals surface area contributed by atoms with E-state index in [1.54, 1.807) is 0 Å². The fraction of sp³-hybridized carbons (Fsp3) is 0.346. The summed E-state index contributed by atoms with van der Waals surface area (Å²) in [7, 11) is 2.27. The Morgan fingerprint density at radius 2 is 1.78 bits per heavy atom. The van der Waals surface area contributed by atoms with E-state index in [2.05, 4.69) is 88.6 Å². The Kier molecular flexibility index (Phi) is 5.01. The summed E-state index contributed by atoms with van der Waals surface area (Å²) in [4.78, 5) is 14.2. The van der Waals surface area contributed by atoms with Gasteiger partial charge in [-0.15, -0.1) is 11.3 Å². The summed E-state index contributed by atoms with van der Waals surface area (Å²) >= 11 is 1.82. The van der Waals surface area contributed by atoms with Crippen molar-refractivity contribution in [1.82, 2.24) is 14.7 Å². The second-order valence-corrected chi connectivity index (χ2v) is 10.5. The second kappa shape index (κ2) is 8.03. The maximum absolute atomic E-state index is 5.20. The number of rotatable bonds is 2. The molecule has 0 aliphatic carbocycles. The van der Waals surface area contributed by atoms with Crippen LogP contribution in [0, 0.1) is 6.92 Å². The molecule has 4 heterocycles. The average molecular weight is 444 g/mol. The van der Waals surface area contributed by atoms with Crippen LogP contribution in [0.2, 0.25) is 0 Å². The molecule has 32 heavy (non-hydrogen) atoms. The van der Waals surface area contributed by atoms with Crippen LogP contribution >= 0.6 is 11.3 Å². The van der Waals surface area contributed by atoms with Crippen molar-refractivity contribution in [2.75, 3.05) is 38.5 Å². The van der Waals surface area contributed by atoms with Gasteiger partial charge >= 0.3 is 0 Å². The van der Waals surface area contributed by atoms with E-state index >= 15 is 0 Å². The number of fused-ring (bicyclic) bond motifs is 3. The number of hydrogen-bond donors (Lipinski definition) is 1. The maximum atomic E-state index is 5.20. The highest BCUT2D eigenvalue weighted by molar-refractivity contribution is 7.16. The van der Waals surface area contributed by atoms with Crippen molar-refractivity contribution in [3.63, 3.8) is 0 Å². The zero-order valence-corrected chi connectivity index (χ0v) is 19.5. The molecule has 6 heteroatoms. The van der Waals surface area contributed by atoms with Crippen LogP contribution < -0.4 is 5.32 Å². The number of aryl methyl sites for hydroxylation is 1. The number of nitrogens with zero attached hydrogens (tertiary/aromatic N) is 4. The number of nitrogens with one attached hydrogen (secondary N) is 1. The quantitative estimate of drug-likeness (QED) is 0.616. The lowest BCUT2D eigenvalue weighted by molar-refractivity contribution is 0.100. The van der Waals surface area contributed by atoms with Gasteiger partial charge in [0.15, 0.2) is 0 Å². The topological polar surface area (TPSA) is 34.1 Å². The van der Waals surface area contributed by atoms with Gasteiger partial charge in [-0.3, -0.25) is 9.80 Å². The first-order valence-corrected chi connectivity index (χ1v) is 12.3. The highest BCUT2D eigenvalue weighted by Gasteiger charge is 2.32. The maximum Gasteiger partial charge on any atom is 0.139 e. The lowest BCUT2D eigenvalue weighted by atomic mass is 10.1. The van der Waals surface area contributed by atoms with Gasteiger partial charge in [0.2, 0.25) is 0 Å². The molecule has 0 saturated carbocycles. The molecule has 1 atom stereocenters. The molecule has 3 aliphatic rings. The van der Waals surface area contributed by atoms with Gasteiger partial charge in [-0.25, -0.2) is 4.99 Å². The molecular formula is C26H29N5S. The Hall–Kier alpha value is -2.67. The van der Waals surface area contributed by atoms with Gasteiger partial charge in [0.25, 0.3) is 0 Å². The molecule has 2 aromatic carbocycles. The van der Waals surface area contributed by atoms with Crippen molar-refractivity contribution < 1.29 is 0 Å². The zero-order chi connectivity index (χ0) is 21.7. The van der Waals surface area contributed by atoms with E-state index in [-0.39, 0.29) is 0 Å². The molecule has 164 valence electrons. The predicted molar refractivity (Wildman–Crippen MR) is 134 cm³/mol. The largest absolute Gasteiger partial charge is 0.353 e. The van der Waals surface area contributed by atoms with Gasteiger partial charge in [-0.05, 0) is 43.3 Å². The number of likely N-dealkylation sites (N-methyl/N-ethyl adjacent to an activating group) is 1. The van der Waals surface area contributed by atoms with Gasteiger partial charge in [-0.2, -0.15) is 0 Å².